The standard InChI is InChI=1S/C36H36ClN5O4/c1-23-3-2-4-25(13-23)21-45-33-6-5-28(16-31(33)37)42-36-27(18-38)20-40-32-17-34(46-29-9-12-44-22-29)26(15-30(32)36)19-41-35(43)14-24-7-10-39-11-8-24/h2-6,13-17,20,29,39H,7-12,19,21-22H2,1H3,(H,40,42)(H,41,43). The Balaban J connectivity index is 1.27. The van der Waals surface area contributed by atoms with Gasteiger partial charge >= 0.3 is 0 Å². The van der Waals surface area contributed by atoms with E-state index < -0.39 is 0 Å². The SMILES string of the molecule is Cc1cccc(COc2ccc(Nc3c(C#N)cnc4cc(OC5CCOC5)c(CNC(=O)C=C5CCNCC5)cc34)cc2Cl)c1. The van der Waals surface area contributed by atoms with Crippen LogP contribution in [0.15, 0.2) is 72.4 Å². The summed E-state index contributed by atoms with van der Waals surface area (Å²) in [6, 6.07) is 19.6. The van der Waals surface area contributed by atoms with Crippen molar-refractivity contribution in [2.45, 2.75) is 45.4 Å². The third-order valence-corrected chi connectivity index (χ3v) is 8.36. The van der Waals surface area contributed by atoms with Crippen molar-refractivity contribution in [1.29, 1.82) is 5.26 Å². The number of halogens is 1. The van der Waals surface area contributed by atoms with Gasteiger partial charge in [-0.3, -0.25) is 9.78 Å². The Kier molecular flexibility index (Phi) is 9.99. The van der Waals surface area contributed by atoms with Gasteiger partial charge in [-0.05, 0) is 62.7 Å². The largest absolute Gasteiger partial charge is 0.487 e. The third-order valence-electron chi connectivity index (χ3n) is 8.06. The molecule has 46 heavy (non-hydrogen) atoms. The third kappa shape index (κ3) is 7.77. The molecular formula is C36H36ClN5O4. The highest BCUT2D eigenvalue weighted by atomic mass is 35.5. The summed E-state index contributed by atoms with van der Waals surface area (Å²) in [5.41, 5.74) is 6.40. The Morgan fingerprint density at radius 2 is 2.04 bits per heavy atom. The molecule has 2 fully saturated rings. The molecule has 1 atom stereocenters. The summed E-state index contributed by atoms with van der Waals surface area (Å²) in [6.45, 7) is 5.58. The number of rotatable bonds is 10. The summed E-state index contributed by atoms with van der Waals surface area (Å²) in [7, 11) is 0. The molecule has 0 saturated carbocycles. The Hall–Kier alpha value is -4.62. The highest BCUT2D eigenvalue weighted by Crippen LogP contribution is 2.36. The van der Waals surface area contributed by atoms with Crippen molar-refractivity contribution in [2.24, 2.45) is 0 Å². The van der Waals surface area contributed by atoms with Gasteiger partial charge in [0.25, 0.3) is 0 Å². The number of pyridine rings is 1. The van der Waals surface area contributed by atoms with Crippen molar-refractivity contribution < 1.29 is 19.0 Å². The lowest BCUT2D eigenvalue weighted by molar-refractivity contribution is -0.116. The van der Waals surface area contributed by atoms with Crippen LogP contribution >= 0.6 is 11.6 Å². The number of carbonyl (C=O) groups is 1. The number of carbonyl (C=O) groups excluding carboxylic acids is 1. The molecule has 0 bridgehead atoms. The Bertz CT molecular complexity index is 1800. The molecule has 0 spiro atoms. The van der Waals surface area contributed by atoms with Crippen molar-refractivity contribution in [1.82, 2.24) is 15.6 Å². The maximum Gasteiger partial charge on any atom is 0.244 e. The number of amides is 1. The number of anilines is 2. The number of benzene rings is 3. The van der Waals surface area contributed by atoms with Crippen LogP contribution in [0.4, 0.5) is 11.4 Å². The zero-order chi connectivity index (χ0) is 31.9. The maximum absolute atomic E-state index is 12.9. The van der Waals surface area contributed by atoms with E-state index in [4.69, 9.17) is 25.8 Å². The number of aromatic nitrogens is 1. The van der Waals surface area contributed by atoms with Crippen molar-refractivity contribution >= 4 is 39.8 Å². The van der Waals surface area contributed by atoms with E-state index in [0.717, 1.165) is 54.6 Å². The normalized spacial score (nSPS) is 16.1. The van der Waals surface area contributed by atoms with Gasteiger partial charge in [0.2, 0.25) is 5.91 Å². The maximum atomic E-state index is 12.9. The minimum Gasteiger partial charge on any atom is -0.487 e. The molecule has 0 radical (unpaired) electrons. The number of fused-ring (bicyclic) bond motifs is 1. The summed E-state index contributed by atoms with van der Waals surface area (Å²) < 4.78 is 17.9. The second-order valence-corrected chi connectivity index (χ2v) is 12.0. The number of hydrogen-bond donors (Lipinski definition) is 3. The summed E-state index contributed by atoms with van der Waals surface area (Å²) in [4.78, 5) is 17.4. The van der Waals surface area contributed by atoms with E-state index >= 15 is 0 Å². The van der Waals surface area contributed by atoms with Crippen LogP contribution in [0.3, 0.4) is 0 Å². The van der Waals surface area contributed by atoms with Crippen LogP contribution in [0, 0.1) is 18.3 Å². The fourth-order valence-electron chi connectivity index (χ4n) is 5.63. The predicted octanol–water partition coefficient (Wildman–Crippen LogP) is 6.48. The first-order valence-electron chi connectivity index (χ1n) is 15.5. The first kappa shape index (κ1) is 31.4. The number of ether oxygens (including phenoxy) is 3. The molecule has 1 unspecified atom stereocenters. The van der Waals surface area contributed by atoms with Crippen LogP contribution in [0.1, 0.15) is 41.5 Å². The first-order chi connectivity index (χ1) is 22.4. The van der Waals surface area contributed by atoms with Crippen LogP contribution in [0.25, 0.3) is 10.9 Å². The molecule has 1 amide bonds. The molecule has 9 nitrogen and oxygen atoms in total. The van der Waals surface area contributed by atoms with Crippen LogP contribution in [-0.2, 0) is 22.7 Å². The fourth-order valence-corrected chi connectivity index (χ4v) is 5.87. The van der Waals surface area contributed by atoms with Crippen molar-refractivity contribution in [2.75, 3.05) is 31.6 Å². The number of piperidine rings is 1. The molecule has 4 aromatic rings. The number of aryl methyl sites for hydroxylation is 1. The number of nitrogens with one attached hydrogen (secondary N) is 3. The topological polar surface area (TPSA) is 118 Å². The van der Waals surface area contributed by atoms with Gasteiger partial charge < -0.3 is 30.2 Å². The second-order valence-electron chi connectivity index (χ2n) is 11.6. The summed E-state index contributed by atoms with van der Waals surface area (Å²) in [5.74, 6) is 1.04. The van der Waals surface area contributed by atoms with Gasteiger partial charge in [-0.2, -0.15) is 5.26 Å². The Labute approximate surface area is 273 Å². The molecule has 6 rings (SSSR count). The molecule has 3 aromatic carbocycles. The highest BCUT2D eigenvalue weighted by Gasteiger charge is 2.21. The fraction of sp³-hybridized carbons (Fsp3) is 0.306. The molecule has 10 heteroatoms. The van der Waals surface area contributed by atoms with Crippen molar-refractivity contribution in [3.63, 3.8) is 0 Å². The van der Waals surface area contributed by atoms with Gasteiger partial charge in [0.05, 0.1) is 35.0 Å². The number of nitrogens with zero attached hydrogens (tertiary/aromatic N) is 2. The average molecular weight is 638 g/mol. The van der Waals surface area contributed by atoms with Gasteiger partial charge in [-0.15, -0.1) is 0 Å². The molecule has 3 N–H and O–H groups in total. The molecule has 236 valence electrons. The lowest BCUT2D eigenvalue weighted by Gasteiger charge is -2.19. The summed E-state index contributed by atoms with van der Waals surface area (Å²) >= 11 is 6.64. The first-order valence-corrected chi connectivity index (χ1v) is 15.9. The van der Waals surface area contributed by atoms with E-state index in [-0.39, 0.29) is 18.6 Å². The monoisotopic (exact) mass is 637 g/mol. The number of nitriles is 1. The molecule has 2 aliphatic rings. The minimum atomic E-state index is -0.145. The summed E-state index contributed by atoms with van der Waals surface area (Å²) in [6.07, 6.45) is 5.66. The van der Waals surface area contributed by atoms with E-state index in [1.54, 1.807) is 18.3 Å². The van der Waals surface area contributed by atoms with Crippen molar-refractivity contribution in [3.8, 4) is 17.6 Å². The predicted molar refractivity (Wildman–Crippen MR) is 179 cm³/mol. The molecule has 0 aliphatic carbocycles. The smallest absolute Gasteiger partial charge is 0.244 e. The lowest BCUT2D eigenvalue weighted by Crippen LogP contribution is -2.26. The zero-order valence-electron chi connectivity index (χ0n) is 25.7. The van der Waals surface area contributed by atoms with E-state index in [2.05, 4.69) is 33.1 Å². The quantitative estimate of drug-likeness (QED) is 0.169. The molecule has 2 aliphatic heterocycles. The van der Waals surface area contributed by atoms with Gasteiger partial charge in [-0.1, -0.05) is 47.0 Å². The van der Waals surface area contributed by atoms with Crippen molar-refractivity contribution in [3.05, 3.63) is 99.7 Å². The lowest BCUT2D eigenvalue weighted by atomic mass is 10.0. The average Bonchev–Trinajstić information content (AvgIpc) is 3.57. The highest BCUT2D eigenvalue weighted by molar-refractivity contribution is 6.32. The van der Waals surface area contributed by atoms with Gasteiger partial charge in [0, 0.05) is 47.9 Å². The van der Waals surface area contributed by atoms with Crippen LogP contribution in [0.5, 0.6) is 11.5 Å². The Morgan fingerprint density at radius 1 is 1.17 bits per heavy atom. The molecule has 2 saturated heterocycles. The molecule has 3 heterocycles. The number of hydrogen-bond acceptors (Lipinski definition) is 8. The van der Waals surface area contributed by atoms with E-state index in [0.29, 0.717) is 64.2 Å². The zero-order valence-corrected chi connectivity index (χ0v) is 26.5. The minimum absolute atomic E-state index is 0.0893. The molecular weight excluding hydrogens is 602 g/mol. The Morgan fingerprint density at radius 3 is 2.80 bits per heavy atom. The van der Waals surface area contributed by atoms with Gasteiger partial charge in [-0.25, -0.2) is 0 Å². The second kappa shape index (κ2) is 14.6. The summed E-state index contributed by atoms with van der Waals surface area (Å²) in [5, 5.41) is 20.9. The molecule has 1 aromatic heterocycles. The van der Waals surface area contributed by atoms with Crippen LogP contribution < -0.4 is 25.4 Å². The van der Waals surface area contributed by atoms with Crippen LogP contribution in [-0.4, -0.2) is 43.3 Å². The van der Waals surface area contributed by atoms with Gasteiger partial charge in [0.1, 0.15) is 30.3 Å². The van der Waals surface area contributed by atoms with E-state index in [1.807, 2.05) is 49.4 Å². The van der Waals surface area contributed by atoms with Gasteiger partial charge in [0.15, 0.2) is 0 Å². The van der Waals surface area contributed by atoms with Crippen LogP contribution in [0.2, 0.25) is 5.02 Å². The van der Waals surface area contributed by atoms with E-state index in [1.165, 1.54) is 0 Å². The van der Waals surface area contributed by atoms with E-state index in [9.17, 15) is 10.1 Å².